The van der Waals surface area contributed by atoms with Gasteiger partial charge in [-0.3, -0.25) is 4.79 Å². The predicted octanol–water partition coefficient (Wildman–Crippen LogP) is 4.12. The lowest BCUT2D eigenvalue weighted by Gasteiger charge is -2.38. The van der Waals surface area contributed by atoms with Crippen molar-refractivity contribution in [2.75, 3.05) is 4.90 Å². The summed E-state index contributed by atoms with van der Waals surface area (Å²) in [5, 5.41) is 10.9. The fourth-order valence-electron chi connectivity index (χ4n) is 2.99. The Balaban J connectivity index is 2.04. The second-order valence-corrected chi connectivity index (χ2v) is 6.28. The summed E-state index contributed by atoms with van der Waals surface area (Å²) >= 11 is 5.89. The number of carbonyl (C=O) groups is 1. The second-order valence-electron chi connectivity index (χ2n) is 5.84. The molecule has 2 atom stereocenters. The van der Waals surface area contributed by atoms with Gasteiger partial charge in [0.25, 0.3) is 5.91 Å². The second kappa shape index (κ2) is 5.75. The molecule has 2 aromatic rings. The van der Waals surface area contributed by atoms with E-state index >= 15 is 0 Å². The maximum Gasteiger partial charge on any atom is 0.258 e. The quantitative estimate of drug-likeness (QED) is 0.860. The van der Waals surface area contributed by atoms with Gasteiger partial charge in [0.2, 0.25) is 0 Å². The number of amides is 1. The lowest BCUT2D eigenvalue weighted by atomic mass is 9.92. The highest BCUT2D eigenvalue weighted by atomic mass is 35.5. The summed E-state index contributed by atoms with van der Waals surface area (Å²) in [6.07, 6.45) is 0.00893. The van der Waals surface area contributed by atoms with Crippen molar-refractivity contribution in [1.82, 2.24) is 0 Å². The number of nitrogens with zero attached hydrogens (tertiary/aromatic N) is 1. The molecule has 1 heterocycles. The van der Waals surface area contributed by atoms with E-state index in [4.69, 9.17) is 11.6 Å². The van der Waals surface area contributed by atoms with Crippen molar-refractivity contribution < 1.29 is 9.90 Å². The Hall–Kier alpha value is -1.84. The van der Waals surface area contributed by atoms with E-state index in [1.54, 1.807) is 29.2 Å². The van der Waals surface area contributed by atoms with Gasteiger partial charge < -0.3 is 10.0 Å². The van der Waals surface area contributed by atoms with Crippen LogP contribution in [-0.2, 0) is 0 Å². The highest BCUT2D eigenvalue weighted by Gasteiger charge is 2.33. The van der Waals surface area contributed by atoms with Gasteiger partial charge in [-0.05, 0) is 50.6 Å². The number of benzene rings is 2. The molecule has 1 aliphatic heterocycles. The minimum absolute atomic E-state index is 0.0617. The van der Waals surface area contributed by atoms with Crippen LogP contribution in [-0.4, -0.2) is 17.1 Å². The van der Waals surface area contributed by atoms with Gasteiger partial charge in [0, 0.05) is 22.2 Å². The van der Waals surface area contributed by atoms with E-state index in [2.05, 4.69) is 0 Å². The largest absolute Gasteiger partial charge is 0.388 e. The topological polar surface area (TPSA) is 40.5 Å². The maximum atomic E-state index is 12.9. The fraction of sp³-hybridized carbons (Fsp3) is 0.278. The van der Waals surface area contributed by atoms with E-state index in [1.165, 1.54) is 0 Å². The Morgan fingerprint density at radius 1 is 1.23 bits per heavy atom. The summed E-state index contributed by atoms with van der Waals surface area (Å²) < 4.78 is 0. The summed E-state index contributed by atoms with van der Waals surface area (Å²) in [6, 6.07) is 12.7. The standard InChI is InChI=1S/C18H18ClNO2/c1-11-3-8-16-15(9-11)17(21)10-12(2)20(16)18(22)13-4-6-14(19)7-5-13/h3-9,12,17,21H,10H2,1-2H3/t12-,17-/m0/s1. The van der Waals surface area contributed by atoms with Crippen molar-refractivity contribution >= 4 is 23.2 Å². The molecule has 0 aromatic heterocycles. The van der Waals surface area contributed by atoms with Crippen LogP contribution >= 0.6 is 11.6 Å². The summed E-state index contributed by atoms with van der Waals surface area (Å²) in [6.45, 7) is 3.94. The molecule has 0 unspecified atom stereocenters. The molecule has 1 N–H and O–H groups in total. The Bertz CT molecular complexity index is 712. The van der Waals surface area contributed by atoms with Crippen molar-refractivity contribution in [2.45, 2.75) is 32.4 Å². The average molecular weight is 316 g/mol. The third-order valence-corrected chi connectivity index (χ3v) is 4.37. The number of aliphatic hydroxyl groups is 1. The van der Waals surface area contributed by atoms with Gasteiger partial charge in [-0.2, -0.15) is 0 Å². The number of aryl methyl sites for hydroxylation is 1. The van der Waals surface area contributed by atoms with Crippen molar-refractivity contribution in [3.8, 4) is 0 Å². The van der Waals surface area contributed by atoms with Crippen molar-refractivity contribution in [1.29, 1.82) is 0 Å². The Morgan fingerprint density at radius 2 is 1.91 bits per heavy atom. The Labute approximate surface area is 135 Å². The molecule has 0 bridgehead atoms. The van der Waals surface area contributed by atoms with E-state index in [0.717, 1.165) is 16.8 Å². The molecular formula is C18H18ClNO2. The molecular weight excluding hydrogens is 298 g/mol. The van der Waals surface area contributed by atoms with Crippen LogP contribution in [0, 0.1) is 6.92 Å². The van der Waals surface area contributed by atoms with Gasteiger partial charge in [-0.1, -0.05) is 29.3 Å². The number of hydrogen-bond donors (Lipinski definition) is 1. The predicted molar refractivity (Wildman–Crippen MR) is 88.5 cm³/mol. The normalized spacial score (nSPS) is 20.6. The SMILES string of the molecule is Cc1ccc2c(c1)[C@@H](O)C[C@H](C)N2C(=O)c1ccc(Cl)cc1. The molecule has 114 valence electrons. The lowest BCUT2D eigenvalue weighted by molar-refractivity contribution is 0.0949. The number of fused-ring (bicyclic) bond motifs is 1. The maximum absolute atomic E-state index is 12.9. The van der Waals surface area contributed by atoms with Crippen LogP contribution in [0.15, 0.2) is 42.5 Å². The van der Waals surface area contributed by atoms with E-state index in [9.17, 15) is 9.90 Å². The molecule has 1 amide bonds. The summed E-state index contributed by atoms with van der Waals surface area (Å²) in [4.78, 5) is 14.6. The molecule has 0 saturated heterocycles. The third-order valence-electron chi connectivity index (χ3n) is 4.12. The first-order chi connectivity index (χ1) is 10.5. The summed E-state index contributed by atoms with van der Waals surface area (Å²) in [5.74, 6) is -0.0684. The molecule has 0 spiro atoms. The molecule has 4 heteroatoms. The van der Waals surface area contributed by atoms with Gasteiger partial charge >= 0.3 is 0 Å². The Morgan fingerprint density at radius 3 is 2.59 bits per heavy atom. The minimum Gasteiger partial charge on any atom is -0.388 e. The third kappa shape index (κ3) is 2.62. The summed E-state index contributed by atoms with van der Waals surface area (Å²) in [5.41, 5.74) is 3.28. The Kier molecular flexibility index (Phi) is 3.94. The molecule has 0 aliphatic carbocycles. The number of rotatable bonds is 1. The number of aliphatic hydroxyl groups excluding tert-OH is 1. The van der Waals surface area contributed by atoms with Crippen molar-refractivity contribution in [3.05, 3.63) is 64.2 Å². The van der Waals surface area contributed by atoms with Crippen molar-refractivity contribution in [3.63, 3.8) is 0 Å². The molecule has 3 rings (SSSR count). The van der Waals surface area contributed by atoms with Crippen LogP contribution in [0.4, 0.5) is 5.69 Å². The molecule has 22 heavy (non-hydrogen) atoms. The minimum atomic E-state index is -0.529. The zero-order chi connectivity index (χ0) is 15.9. The van der Waals surface area contributed by atoms with Crippen LogP contribution in [0.5, 0.6) is 0 Å². The first-order valence-electron chi connectivity index (χ1n) is 7.35. The number of hydrogen-bond acceptors (Lipinski definition) is 2. The van der Waals surface area contributed by atoms with Crippen LogP contribution in [0.25, 0.3) is 0 Å². The first-order valence-corrected chi connectivity index (χ1v) is 7.73. The van der Waals surface area contributed by atoms with Gasteiger partial charge in [-0.15, -0.1) is 0 Å². The zero-order valence-electron chi connectivity index (χ0n) is 12.6. The van der Waals surface area contributed by atoms with Crippen LogP contribution in [0.2, 0.25) is 5.02 Å². The van der Waals surface area contributed by atoms with Crippen LogP contribution in [0.3, 0.4) is 0 Å². The van der Waals surface area contributed by atoms with E-state index in [0.29, 0.717) is 17.0 Å². The van der Waals surface area contributed by atoms with Gasteiger partial charge in [-0.25, -0.2) is 0 Å². The molecule has 0 radical (unpaired) electrons. The molecule has 2 aromatic carbocycles. The van der Waals surface area contributed by atoms with E-state index in [-0.39, 0.29) is 11.9 Å². The smallest absolute Gasteiger partial charge is 0.258 e. The zero-order valence-corrected chi connectivity index (χ0v) is 13.3. The fourth-order valence-corrected chi connectivity index (χ4v) is 3.12. The van der Waals surface area contributed by atoms with Gasteiger partial charge in [0.15, 0.2) is 0 Å². The van der Waals surface area contributed by atoms with Crippen molar-refractivity contribution in [2.24, 2.45) is 0 Å². The number of halogens is 1. The van der Waals surface area contributed by atoms with Crippen LogP contribution < -0.4 is 4.90 Å². The average Bonchev–Trinajstić information content (AvgIpc) is 2.48. The van der Waals surface area contributed by atoms with Gasteiger partial charge in [0.1, 0.15) is 0 Å². The van der Waals surface area contributed by atoms with Gasteiger partial charge in [0.05, 0.1) is 11.8 Å². The van der Waals surface area contributed by atoms with E-state index < -0.39 is 6.10 Å². The number of carbonyl (C=O) groups excluding carboxylic acids is 1. The number of anilines is 1. The molecule has 0 saturated carbocycles. The summed E-state index contributed by atoms with van der Waals surface area (Å²) in [7, 11) is 0. The molecule has 0 fully saturated rings. The highest BCUT2D eigenvalue weighted by Crippen LogP contribution is 2.38. The van der Waals surface area contributed by atoms with E-state index in [1.807, 2.05) is 32.0 Å². The van der Waals surface area contributed by atoms with Crippen LogP contribution in [0.1, 0.15) is 40.9 Å². The first kappa shape index (κ1) is 15.1. The lowest BCUT2D eigenvalue weighted by Crippen LogP contribution is -2.43. The molecule has 3 nitrogen and oxygen atoms in total. The molecule has 1 aliphatic rings. The monoisotopic (exact) mass is 315 g/mol. The highest BCUT2D eigenvalue weighted by molar-refractivity contribution is 6.30.